The zero-order valence-corrected chi connectivity index (χ0v) is 16.4. The third-order valence-electron chi connectivity index (χ3n) is 4.14. The molecule has 9 nitrogen and oxygen atoms in total. The number of hydrogen-bond acceptors (Lipinski definition) is 5. The largest absolute Gasteiger partial charge is 0.480 e. The van der Waals surface area contributed by atoms with Gasteiger partial charge in [-0.3, -0.25) is 19.7 Å². The number of carbonyl (C=O) groups is 3. The average Bonchev–Trinajstić information content (AvgIpc) is 2.71. The van der Waals surface area contributed by atoms with E-state index >= 15 is 0 Å². The molecule has 0 saturated carbocycles. The molecule has 0 spiro atoms. The molecule has 156 valence electrons. The van der Waals surface area contributed by atoms with Gasteiger partial charge in [-0.2, -0.15) is 0 Å². The summed E-state index contributed by atoms with van der Waals surface area (Å²) in [6, 6.07) is 12.4. The van der Waals surface area contributed by atoms with E-state index in [-0.39, 0.29) is 16.9 Å². The van der Waals surface area contributed by atoms with Crippen molar-refractivity contribution in [2.75, 3.05) is 0 Å². The van der Waals surface area contributed by atoms with Gasteiger partial charge in [-0.15, -0.1) is 0 Å². The molecule has 2 aromatic rings. The number of amides is 2. The maximum Gasteiger partial charge on any atom is 0.326 e. The van der Waals surface area contributed by atoms with Crippen LogP contribution < -0.4 is 10.6 Å². The zero-order valence-electron chi connectivity index (χ0n) is 16.4. The number of rotatable bonds is 8. The first kappa shape index (κ1) is 22.3. The SMILES string of the molecule is CC(C)C(NC(=O)/C(=C/c1cccc([N+](=O)[O-])c1)NC(=O)c1ccccc1)C(=O)O. The van der Waals surface area contributed by atoms with Crippen molar-refractivity contribution < 1.29 is 24.4 Å². The Morgan fingerprint density at radius 3 is 2.30 bits per heavy atom. The van der Waals surface area contributed by atoms with Crippen molar-refractivity contribution in [2.45, 2.75) is 19.9 Å². The summed E-state index contributed by atoms with van der Waals surface area (Å²) in [4.78, 5) is 47.1. The van der Waals surface area contributed by atoms with E-state index in [1.807, 2.05) is 0 Å². The van der Waals surface area contributed by atoms with Crippen LogP contribution in [-0.2, 0) is 9.59 Å². The van der Waals surface area contributed by atoms with E-state index in [1.165, 1.54) is 30.3 Å². The molecule has 0 fully saturated rings. The summed E-state index contributed by atoms with van der Waals surface area (Å²) in [5, 5.41) is 25.2. The van der Waals surface area contributed by atoms with Gasteiger partial charge in [-0.1, -0.05) is 44.2 Å². The summed E-state index contributed by atoms with van der Waals surface area (Å²) in [5.41, 5.74) is 0.146. The summed E-state index contributed by atoms with van der Waals surface area (Å²) in [7, 11) is 0. The molecule has 0 radical (unpaired) electrons. The second-order valence-electron chi connectivity index (χ2n) is 6.76. The topological polar surface area (TPSA) is 139 Å². The summed E-state index contributed by atoms with van der Waals surface area (Å²) in [6.45, 7) is 3.26. The van der Waals surface area contributed by atoms with Crippen LogP contribution in [0.1, 0.15) is 29.8 Å². The van der Waals surface area contributed by atoms with E-state index in [1.54, 1.807) is 44.2 Å². The van der Waals surface area contributed by atoms with E-state index in [0.717, 1.165) is 0 Å². The molecule has 2 amide bonds. The molecule has 0 aliphatic heterocycles. The molecule has 0 heterocycles. The lowest BCUT2D eigenvalue weighted by atomic mass is 10.0. The van der Waals surface area contributed by atoms with Crippen LogP contribution in [0.25, 0.3) is 6.08 Å². The molecule has 0 bridgehead atoms. The van der Waals surface area contributed by atoms with Gasteiger partial charge in [0.2, 0.25) is 0 Å². The lowest BCUT2D eigenvalue weighted by molar-refractivity contribution is -0.384. The highest BCUT2D eigenvalue weighted by molar-refractivity contribution is 6.06. The van der Waals surface area contributed by atoms with Gasteiger partial charge in [0.1, 0.15) is 11.7 Å². The van der Waals surface area contributed by atoms with Crippen LogP contribution in [0.5, 0.6) is 0 Å². The predicted molar refractivity (Wildman–Crippen MR) is 109 cm³/mol. The molecule has 2 aromatic carbocycles. The minimum Gasteiger partial charge on any atom is -0.480 e. The third-order valence-corrected chi connectivity index (χ3v) is 4.14. The predicted octanol–water partition coefficient (Wildman–Crippen LogP) is 2.59. The quantitative estimate of drug-likeness (QED) is 0.347. The third kappa shape index (κ3) is 5.99. The number of benzene rings is 2. The van der Waals surface area contributed by atoms with Crippen molar-refractivity contribution in [3.63, 3.8) is 0 Å². The summed E-state index contributed by atoms with van der Waals surface area (Å²) >= 11 is 0. The Morgan fingerprint density at radius 1 is 1.07 bits per heavy atom. The normalized spacial score (nSPS) is 12.2. The lowest BCUT2D eigenvalue weighted by Crippen LogP contribution is -2.47. The maximum atomic E-state index is 12.8. The first-order chi connectivity index (χ1) is 14.2. The second kappa shape index (κ2) is 9.97. The fourth-order valence-corrected chi connectivity index (χ4v) is 2.57. The average molecular weight is 411 g/mol. The van der Waals surface area contributed by atoms with E-state index in [0.29, 0.717) is 5.56 Å². The van der Waals surface area contributed by atoms with E-state index in [4.69, 9.17) is 0 Å². The van der Waals surface area contributed by atoms with Crippen LogP contribution in [0, 0.1) is 16.0 Å². The lowest BCUT2D eigenvalue weighted by Gasteiger charge is -2.19. The number of carboxylic acid groups (broad SMARTS) is 1. The Hall–Kier alpha value is -4.01. The molecule has 30 heavy (non-hydrogen) atoms. The van der Waals surface area contributed by atoms with Crippen LogP contribution in [0.3, 0.4) is 0 Å². The molecule has 9 heteroatoms. The van der Waals surface area contributed by atoms with Crippen LogP contribution >= 0.6 is 0 Å². The van der Waals surface area contributed by atoms with Gasteiger partial charge in [0, 0.05) is 17.7 Å². The smallest absolute Gasteiger partial charge is 0.326 e. The summed E-state index contributed by atoms with van der Waals surface area (Å²) in [5.74, 6) is -3.04. The number of hydrogen-bond donors (Lipinski definition) is 3. The Bertz CT molecular complexity index is 985. The number of non-ortho nitro benzene ring substituents is 1. The monoisotopic (exact) mass is 411 g/mol. The Labute approximate surface area is 172 Å². The number of nitrogens with zero attached hydrogens (tertiary/aromatic N) is 1. The molecule has 0 aliphatic carbocycles. The number of nitro benzene ring substituents is 1. The second-order valence-corrected chi connectivity index (χ2v) is 6.76. The molecular weight excluding hydrogens is 390 g/mol. The summed E-state index contributed by atoms with van der Waals surface area (Å²) < 4.78 is 0. The fourth-order valence-electron chi connectivity index (χ4n) is 2.57. The Kier molecular flexibility index (Phi) is 7.40. The Balaban J connectivity index is 2.40. The van der Waals surface area contributed by atoms with Gasteiger partial charge in [-0.05, 0) is 29.7 Å². The van der Waals surface area contributed by atoms with Crippen molar-refractivity contribution >= 4 is 29.5 Å². The van der Waals surface area contributed by atoms with Gasteiger partial charge in [-0.25, -0.2) is 4.79 Å². The number of aliphatic carboxylic acids is 1. The van der Waals surface area contributed by atoms with Crippen LogP contribution in [-0.4, -0.2) is 33.9 Å². The number of nitro groups is 1. The minimum atomic E-state index is -1.22. The molecule has 2 rings (SSSR count). The highest BCUT2D eigenvalue weighted by atomic mass is 16.6. The molecule has 0 aromatic heterocycles. The highest BCUT2D eigenvalue weighted by Gasteiger charge is 2.25. The van der Waals surface area contributed by atoms with Gasteiger partial charge >= 0.3 is 5.97 Å². The van der Waals surface area contributed by atoms with E-state index < -0.39 is 34.7 Å². The zero-order chi connectivity index (χ0) is 22.3. The fraction of sp³-hybridized carbons (Fsp3) is 0.190. The Morgan fingerprint density at radius 2 is 1.73 bits per heavy atom. The number of carbonyl (C=O) groups excluding carboxylic acids is 2. The molecule has 0 saturated heterocycles. The first-order valence-corrected chi connectivity index (χ1v) is 9.05. The van der Waals surface area contributed by atoms with Crippen molar-refractivity contribution in [3.8, 4) is 0 Å². The van der Waals surface area contributed by atoms with Crippen molar-refractivity contribution in [2.24, 2.45) is 5.92 Å². The standard InChI is InChI=1S/C21H21N3O6/c1-13(2)18(21(27)28)23-20(26)17(22-19(25)15-8-4-3-5-9-15)12-14-7-6-10-16(11-14)24(29)30/h3-13,18H,1-2H3,(H,22,25)(H,23,26)(H,27,28)/b17-12-. The molecule has 0 aliphatic rings. The molecule has 1 atom stereocenters. The van der Waals surface area contributed by atoms with Crippen LogP contribution in [0.4, 0.5) is 5.69 Å². The van der Waals surface area contributed by atoms with E-state index in [2.05, 4.69) is 10.6 Å². The van der Waals surface area contributed by atoms with Crippen molar-refractivity contribution in [3.05, 3.63) is 81.5 Å². The maximum absolute atomic E-state index is 12.8. The highest BCUT2D eigenvalue weighted by Crippen LogP contribution is 2.16. The molecule has 3 N–H and O–H groups in total. The molecular formula is C21H21N3O6. The van der Waals surface area contributed by atoms with E-state index in [9.17, 15) is 29.6 Å². The summed E-state index contributed by atoms with van der Waals surface area (Å²) in [6.07, 6.45) is 1.25. The van der Waals surface area contributed by atoms with Gasteiger partial charge in [0.15, 0.2) is 0 Å². The molecule has 1 unspecified atom stereocenters. The first-order valence-electron chi connectivity index (χ1n) is 9.05. The number of carboxylic acids is 1. The van der Waals surface area contributed by atoms with Gasteiger partial charge < -0.3 is 15.7 Å². The van der Waals surface area contributed by atoms with Crippen molar-refractivity contribution in [1.82, 2.24) is 10.6 Å². The van der Waals surface area contributed by atoms with Crippen LogP contribution in [0.15, 0.2) is 60.3 Å². The van der Waals surface area contributed by atoms with Crippen molar-refractivity contribution in [1.29, 1.82) is 0 Å². The minimum absolute atomic E-state index is 0.191. The van der Waals surface area contributed by atoms with Crippen LogP contribution in [0.2, 0.25) is 0 Å². The van der Waals surface area contributed by atoms with Gasteiger partial charge in [0.25, 0.3) is 17.5 Å². The number of nitrogens with one attached hydrogen (secondary N) is 2. The van der Waals surface area contributed by atoms with Gasteiger partial charge in [0.05, 0.1) is 4.92 Å².